The molecule has 0 aromatic rings. The Morgan fingerprint density at radius 3 is 2.65 bits per heavy atom. The third-order valence-corrected chi connectivity index (χ3v) is 4.66. The smallest absolute Gasteiger partial charge is 0.0436 e. The van der Waals surface area contributed by atoms with Gasteiger partial charge in [0.1, 0.15) is 0 Å². The van der Waals surface area contributed by atoms with Crippen molar-refractivity contribution in [3.63, 3.8) is 0 Å². The third-order valence-electron chi connectivity index (χ3n) is 4.66. The second kappa shape index (κ2) is 5.11. The van der Waals surface area contributed by atoms with Crippen molar-refractivity contribution in [2.24, 2.45) is 23.2 Å². The summed E-state index contributed by atoms with van der Waals surface area (Å²) in [7, 11) is 0. The molecule has 0 saturated heterocycles. The van der Waals surface area contributed by atoms with Gasteiger partial charge in [0.05, 0.1) is 0 Å². The zero-order valence-electron chi connectivity index (χ0n) is 11.4. The molecule has 0 radical (unpaired) electrons. The molecule has 98 valence electrons. The van der Waals surface area contributed by atoms with E-state index in [0.29, 0.717) is 12.6 Å². The van der Waals surface area contributed by atoms with E-state index in [-0.39, 0.29) is 5.41 Å². The van der Waals surface area contributed by atoms with Gasteiger partial charge in [-0.15, -0.1) is 0 Å². The highest BCUT2D eigenvalue weighted by Crippen LogP contribution is 2.44. The standard InChI is InChI=1S/C15H27NO/c1-11(16-10-15(2,3)6-7-17)14-9-12-4-5-13(14)8-12/h4-5,11-14,16-17H,6-10H2,1-3H3. The van der Waals surface area contributed by atoms with E-state index in [9.17, 15) is 0 Å². The molecule has 0 spiro atoms. The number of rotatable bonds is 6. The monoisotopic (exact) mass is 237 g/mol. The number of hydrogen-bond acceptors (Lipinski definition) is 2. The van der Waals surface area contributed by atoms with Crippen molar-refractivity contribution in [1.82, 2.24) is 5.32 Å². The van der Waals surface area contributed by atoms with Gasteiger partial charge in [-0.2, -0.15) is 0 Å². The van der Waals surface area contributed by atoms with Crippen LogP contribution in [0, 0.1) is 23.2 Å². The van der Waals surface area contributed by atoms with Crippen molar-refractivity contribution in [3.05, 3.63) is 12.2 Å². The first-order chi connectivity index (χ1) is 8.02. The van der Waals surface area contributed by atoms with E-state index in [0.717, 1.165) is 30.7 Å². The minimum atomic E-state index is 0.205. The van der Waals surface area contributed by atoms with Gasteiger partial charge in [0, 0.05) is 19.2 Å². The number of aliphatic hydroxyl groups is 1. The summed E-state index contributed by atoms with van der Waals surface area (Å²) in [6.45, 7) is 8.08. The van der Waals surface area contributed by atoms with Gasteiger partial charge in [-0.3, -0.25) is 0 Å². The molecule has 0 aromatic carbocycles. The number of fused-ring (bicyclic) bond motifs is 2. The van der Waals surface area contributed by atoms with Crippen molar-refractivity contribution in [3.8, 4) is 0 Å². The van der Waals surface area contributed by atoms with Crippen molar-refractivity contribution in [1.29, 1.82) is 0 Å². The Morgan fingerprint density at radius 2 is 2.12 bits per heavy atom. The Labute approximate surface area is 105 Å². The van der Waals surface area contributed by atoms with E-state index >= 15 is 0 Å². The van der Waals surface area contributed by atoms with Gasteiger partial charge < -0.3 is 10.4 Å². The predicted octanol–water partition coefficient (Wildman–Crippen LogP) is 2.59. The molecule has 0 aromatic heterocycles. The lowest BCUT2D eigenvalue weighted by molar-refractivity contribution is 0.195. The number of nitrogens with one attached hydrogen (secondary N) is 1. The molecule has 1 fully saturated rings. The highest BCUT2D eigenvalue weighted by atomic mass is 16.3. The van der Waals surface area contributed by atoms with Gasteiger partial charge in [0.2, 0.25) is 0 Å². The molecule has 2 N–H and O–H groups in total. The van der Waals surface area contributed by atoms with Gasteiger partial charge >= 0.3 is 0 Å². The molecule has 2 rings (SSSR count). The van der Waals surface area contributed by atoms with E-state index in [1.54, 1.807) is 0 Å². The fraction of sp³-hybridized carbons (Fsp3) is 0.867. The van der Waals surface area contributed by atoms with Crippen LogP contribution < -0.4 is 5.32 Å². The summed E-state index contributed by atoms with van der Waals surface area (Å²) in [4.78, 5) is 0. The van der Waals surface area contributed by atoms with Crippen molar-refractivity contribution >= 4 is 0 Å². The second-order valence-corrected chi connectivity index (χ2v) is 6.75. The van der Waals surface area contributed by atoms with Crippen molar-refractivity contribution < 1.29 is 5.11 Å². The van der Waals surface area contributed by atoms with Crippen molar-refractivity contribution in [2.45, 2.75) is 46.1 Å². The third kappa shape index (κ3) is 3.11. The Balaban J connectivity index is 1.78. The molecule has 1 saturated carbocycles. The molecule has 0 heterocycles. The molecule has 2 aliphatic carbocycles. The maximum atomic E-state index is 9.03. The van der Waals surface area contributed by atoms with E-state index in [2.05, 4.69) is 38.2 Å². The van der Waals surface area contributed by atoms with Crippen LogP contribution in [0.2, 0.25) is 0 Å². The SMILES string of the molecule is CC(NCC(C)(C)CCO)C1CC2C=CC1C2. The molecule has 4 unspecified atom stereocenters. The Hall–Kier alpha value is -0.340. The number of aliphatic hydroxyl groups excluding tert-OH is 1. The highest BCUT2D eigenvalue weighted by molar-refractivity contribution is 5.11. The lowest BCUT2D eigenvalue weighted by Crippen LogP contribution is -2.41. The summed E-state index contributed by atoms with van der Waals surface area (Å²) in [5.74, 6) is 2.51. The first-order valence-corrected chi connectivity index (χ1v) is 7.04. The van der Waals surface area contributed by atoms with Gasteiger partial charge in [-0.25, -0.2) is 0 Å². The van der Waals surface area contributed by atoms with Gasteiger partial charge in [0.25, 0.3) is 0 Å². The van der Waals surface area contributed by atoms with E-state index < -0.39 is 0 Å². The molecular formula is C15H27NO. The Morgan fingerprint density at radius 1 is 1.35 bits per heavy atom. The van der Waals surface area contributed by atoms with E-state index in [1.165, 1.54) is 12.8 Å². The second-order valence-electron chi connectivity index (χ2n) is 6.75. The fourth-order valence-corrected chi connectivity index (χ4v) is 3.38. The average Bonchev–Trinajstić information content (AvgIpc) is 2.87. The van der Waals surface area contributed by atoms with Crippen LogP contribution in [0.15, 0.2) is 12.2 Å². The first kappa shape index (κ1) is 13.1. The molecule has 2 nitrogen and oxygen atoms in total. The zero-order valence-corrected chi connectivity index (χ0v) is 11.4. The molecule has 4 atom stereocenters. The zero-order chi connectivity index (χ0) is 12.5. The van der Waals surface area contributed by atoms with Gasteiger partial charge in [0.15, 0.2) is 0 Å². The maximum Gasteiger partial charge on any atom is 0.0436 e. The van der Waals surface area contributed by atoms with Crippen LogP contribution in [0.1, 0.15) is 40.0 Å². The molecule has 2 aliphatic rings. The average molecular weight is 237 g/mol. The summed E-state index contributed by atoms with van der Waals surface area (Å²) >= 11 is 0. The Bertz CT molecular complexity index is 285. The first-order valence-electron chi connectivity index (χ1n) is 7.04. The fourth-order valence-electron chi connectivity index (χ4n) is 3.38. The summed E-state index contributed by atoms with van der Waals surface area (Å²) < 4.78 is 0. The lowest BCUT2D eigenvalue weighted by Gasteiger charge is -2.31. The van der Waals surface area contributed by atoms with Crippen molar-refractivity contribution in [2.75, 3.05) is 13.2 Å². The largest absolute Gasteiger partial charge is 0.396 e. The number of allylic oxidation sites excluding steroid dienone is 2. The highest BCUT2D eigenvalue weighted by Gasteiger charge is 2.38. The minimum Gasteiger partial charge on any atom is -0.396 e. The summed E-state index contributed by atoms with van der Waals surface area (Å²) in [6, 6.07) is 0.605. The van der Waals surface area contributed by atoms with Crippen LogP contribution in [0.25, 0.3) is 0 Å². The van der Waals surface area contributed by atoms with Crippen LogP contribution in [0.5, 0.6) is 0 Å². The van der Waals surface area contributed by atoms with Gasteiger partial charge in [-0.05, 0) is 49.4 Å². The van der Waals surface area contributed by atoms with E-state index in [1.807, 2.05) is 0 Å². The van der Waals surface area contributed by atoms with E-state index in [4.69, 9.17) is 5.11 Å². The van der Waals surface area contributed by atoms with Crippen LogP contribution in [0.4, 0.5) is 0 Å². The molecule has 0 aliphatic heterocycles. The summed E-state index contributed by atoms with van der Waals surface area (Å²) in [6.07, 6.45) is 8.47. The quantitative estimate of drug-likeness (QED) is 0.696. The molecule has 0 amide bonds. The lowest BCUT2D eigenvalue weighted by atomic mass is 9.85. The summed E-state index contributed by atoms with van der Waals surface area (Å²) in [5, 5.41) is 12.7. The number of hydrogen-bond donors (Lipinski definition) is 2. The molecule has 17 heavy (non-hydrogen) atoms. The topological polar surface area (TPSA) is 32.3 Å². The minimum absolute atomic E-state index is 0.205. The van der Waals surface area contributed by atoms with Crippen LogP contribution in [0.3, 0.4) is 0 Å². The van der Waals surface area contributed by atoms with Crippen LogP contribution in [-0.4, -0.2) is 24.3 Å². The maximum absolute atomic E-state index is 9.03. The Kier molecular flexibility index (Phi) is 3.94. The molecule has 2 heteroatoms. The normalized spacial score (nSPS) is 33.3. The van der Waals surface area contributed by atoms with Crippen LogP contribution in [-0.2, 0) is 0 Å². The van der Waals surface area contributed by atoms with Gasteiger partial charge in [-0.1, -0.05) is 26.0 Å². The predicted molar refractivity (Wildman–Crippen MR) is 71.8 cm³/mol. The summed E-state index contributed by atoms with van der Waals surface area (Å²) in [5.41, 5.74) is 0.205. The molecule has 2 bridgehead atoms. The van der Waals surface area contributed by atoms with Crippen LogP contribution >= 0.6 is 0 Å². The molecular weight excluding hydrogens is 210 g/mol.